The first-order valence-corrected chi connectivity index (χ1v) is 9.75. The number of nitroso groups, excluding NO2 is 1. The first kappa shape index (κ1) is 21.5. The number of methoxy groups -OCH3 is 2. The largest absolute Gasteiger partial charge is 0.493 e. The molecule has 0 aliphatic carbocycles. The number of rotatable bonds is 5. The van der Waals surface area contributed by atoms with Crippen molar-refractivity contribution in [1.82, 2.24) is 15.0 Å². The molecule has 0 saturated heterocycles. The third-order valence-corrected chi connectivity index (χ3v) is 5.03. The van der Waals surface area contributed by atoms with Gasteiger partial charge in [0, 0.05) is 29.1 Å². The number of nitrogens with zero attached hydrogens (tertiary/aromatic N) is 3. The normalized spacial score (nSPS) is 10.5. The minimum Gasteiger partial charge on any atom is -0.493 e. The average Bonchev–Trinajstić information content (AvgIpc) is 3.13. The fraction of sp³-hybridized carbons (Fsp3) is 0.130. The Balaban J connectivity index is 1.76. The summed E-state index contributed by atoms with van der Waals surface area (Å²) < 4.78 is 11.0. The van der Waals surface area contributed by atoms with E-state index in [0.717, 1.165) is 5.56 Å². The quantitative estimate of drug-likeness (QED) is 0.269. The van der Waals surface area contributed by atoms with E-state index in [1.54, 1.807) is 31.5 Å². The van der Waals surface area contributed by atoms with E-state index in [1.807, 2.05) is 12.1 Å². The smallest absolute Gasteiger partial charge is 0.221 e. The highest BCUT2D eigenvalue weighted by Gasteiger charge is 2.14. The molecule has 4 rings (SSSR count). The lowest BCUT2D eigenvalue weighted by molar-refractivity contribution is 0.354. The second kappa shape index (κ2) is 8.76. The van der Waals surface area contributed by atoms with Gasteiger partial charge in [0.25, 0.3) is 0 Å². The number of fused-ring (bicyclic) bond motifs is 1. The highest BCUT2D eigenvalue weighted by atomic mass is 16.5. The molecule has 0 fully saturated rings. The van der Waals surface area contributed by atoms with E-state index in [-0.39, 0.29) is 17.5 Å². The molecule has 2 aromatic heterocycles. The molecule has 0 amide bonds. The first-order valence-electron chi connectivity index (χ1n) is 9.75. The molecule has 10 heteroatoms. The van der Waals surface area contributed by atoms with Gasteiger partial charge in [0.15, 0.2) is 17.2 Å². The van der Waals surface area contributed by atoms with Gasteiger partial charge < -0.3 is 31.0 Å². The van der Waals surface area contributed by atoms with Crippen molar-refractivity contribution in [3.63, 3.8) is 0 Å². The van der Waals surface area contributed by atoms with Crippen LogP contribution in [0.4, 0.5) is 17.5 Å². The Kier molecular flexibility index (Phi) is 5.69. The van der Waals surface area contributed by atoms with Crippen LogP contribution in [-0.2, 0) is 6.42 Å². The molecule has 10 nitrogen and oxygen atoms in total. The van der Waals surface area contributed by atoms with Gasteiger partial charge in [-0.25, -0.2) is 4.98 Å². The van der Waals surface area contributed by atoms with Gasteiger partial charge in [-0.2, -0.15) is 4.98 Å². The Labute approximate surface area is 188 Å². The molecule has 166 valence electrons. The van der Waals surface area contributed by atoms with Crippen LogP contribution in [0, 0.1) is 16.7 Å². The molecule has 0 spiro atoms. The van der Waals surface area contributed by atoms with Gasteiger partial charge in [0.2, 0.25) is 11.8 Å². The summed E-state index contributed by atoms with van der Waals surface area (Å²) in [6.07, 6.45) is 2.02. The van der Waals surface area contributed by atoms with Crippen LogP contribution < -0.4 is 20.9 Å². The molecule has 0 saturated carbocycles. The van der Waals surface area contributed by atoms with Gasteiger partial charge in [0.05, 0.1) is 25.3 Å². The number of anilines is 2. The molecule has 0 atom stereocenters. The highest BCUT2D eigenvalue weighted by Crippen LogP contribution is 2.36. The van der Waals surface area contributed by atoms with Crippen LogP contribution in [0.3, 0.4) is 0 Å². The second-order valence-corrected chi connectivity index (χ2v) is 7.12. The van der Waals surface area contributed by atoms with E-state index >= 15 is 0 Å². The van der Waals surface area contributed by atoms with Crippen LogP contribution in [0.1, 0.15) is 22.3 Å². The predicted molar refractivity (Wildman–Crippen MR) is 125 cm³/mol. The number of ether oxygens (including phenoxy) is 2. The zero-order valence-corrected chi connectivity index (χ0v) is 17.8. The van der Waals surface area contributed by atoms with Crippen molar-refractivity contribution < 1.29 is 14.6 Å². The van der Waals surface area contributed by atoms with Gasteiger partial charge in [-0.15, -0.1) is 4.91 Å². The topological polar surface area (TPSA) is 162 Å². The number of aromatic amines is 1. The van der Waals surface area contributed by atoms with Crippen molar-refractivity contribution in [2.24, 2.45) is 5.18 Å². The molecule has 2 aromatic carbocycles. The molecule has 0 bridgehead atoms. The van der Waals surface area contributed by atoms with Crippen LogP contribution >= 0.6 is 0 Å². The van der Waals surface area contributed by atoms with E-state index in [1.165, 1.54) is 7.11 Å². The summed E-state index contributed by atoms with van der Waals surface area (Å²) in [5.41, 5.74) is 14.9. The van der Waals surface area contributed by atoms with Crippen LogP contribution in [-0.4, -0.2) is 34.3 Å². The summed E-state index contributed by atoms with van der Waals surface area (Å²) in [6, 6.07) is 8.85. The van der Waals surface area contributed by atoms with E-state index < -0.39 is 0 Å². The minimum atomic E-state index is -0.282. The number of nitrogens with two attached hydrogens (primary N) is 2. The number of hydrogen-bond donors (Lipinski definition) is 4. The number of benzene rings is 2. The van der Waals surface area contributed by atoms with Gasteiger partial charge >= 0.3 is 0 Å². The Bertz CT molecular complexity index is 1430. The molecule has 4 aromatic rings. The zero-order chi connectivity index (χ0) is 23.5. The first-order chi connectivity index (χ1) is 15.9. The molecule has 2 heterocycles. The van der Waals surface area contributed by atoms with Crippen molar-refractivity contribution in [3.05, 3.63) is 63.7 Å². The van der Waals surface area contributed by atoms with Gasteiger partial charge in [-0.3, -0.25) is 0 Å². The van der Waals surface area contributed by atoms with Gasteiger partial charge in [0.1, 0.15) is 5.82 Å². The van der Waals surface area contributed by atoms with Crippen molar-refractivity contribution in [1.29, 1.82) is 0 Å². The van der Waals surface area contributed by atoms with E-state index in [9.17, 15) is 10.0 Å². The number of aromatic nitrogens is 3. The molecule has 0 radical (unpaired) electrons. The van der Waals surface area contributed by atoms with E-state index in [2.05, 4.69) is 32.0 Å². The molecular weight excluding hydrogens is 424 g/mol. The number of H-pyrrole nitrogens is 1. The molecule has 6 N–H and O–H groups in total. The lowest BCUT2D eigenvalue weighted by Gasteiger charge is -2.13. The second-order valence-electron chi connectivity index (χ2n) is 7.12. The summed E-state index contributed by atoms with van der Waals surface area (Å²) in [7, 11) is 3.07. The summed E-state index contributed by atoms with van der Waals surface area (Å²) in [4.78, 5) is 21.8. The van der Waals surface area contributed by atoms with Gasteiger partial charge in [-0.05, 0) is 41.1 Å². The molecule has 0 aliphatic heterocycles. The van der Waals surface area contributed by atoms with Crippen LogP contribution in [0.5, 0.6) is 17.4 Å². The van der Waals surface area contributed by atoms with Crippen molar-refractivity contribution in [3.8, 4) is 29.2 Å². The molecular formula is C23H20N6O4. The van der Waals surface area contributed by atoms with E-state index in [4.69, 9.17) is 20.9 Å². The standard InChI is InChI=1S/C23H20N6O4/c1-32-18-10-13(8-15-11-26-23(25)28-21(15)24)7-14(20(18)33-2)5-3-12-4-6-17-16(9-12)19(29-31)22(30)27-17/h4,6-7,9-11,27,30H,8H2,1-2H3,(H4,24,25,26,28). The maximum Gasteiger partial charge on any atom is 0.221 e. The van der Waals surface area contributed by atoms with Crippen molar-refractivity contribution >= 4 is 28.4 Å². The van der Waals surface area contributed by atoms with Gasteiger partial charge in [-0.1, -0.05) is 11.8 Å². The average molecular weight is 444 g/mol. The maximum absolute atomic E-state index is 11.1. The molecule has 0 aliphatic rings. The fourth-order valence-electron chi connectivity index (χ4n) is 3.48. The SMILES string of the molecule is COc1cc(Cc2cnc(N)nc2N)cc(C#Cc2ccc3[nH]c(O)c(N=O)c3c2)c1OC. The fourth-order valence-corrected chi connectivity index (χ4v) is 3.48. The minimum absolute atomic E-state index is 0.0572. The Morgan fingerprint density at radius 1 is 1.15 bits per heavy atom. The Hall–Kier alpha value is -4.78. The maximum atomic E-state index is 11.1. The Morgan fingerprint density at radius 2 is 1.97 bits per heavy atom. The monoisotopic (exact) mass is 444 g/mol. The number of hydrogen-bond acceptors (Lipinski definition) is 9. The molecule has 33 heavy (non-hydrogen) atoms. The van der Waals surface area contributed by atoms with Crippen molar-refractivity contribution in [2.75, 3.05) is 25.7 Å². The van der Waals surface area contributed by atoms with E-state index in [0.29, 0.717) is 51.3 Å². The third kappa shape index (κ3) is 4.20. The number of aromatic hydroxyl groups is 1. The number of nitrogen functional groups attached to an aromatic ring is 2. The predicted octanol–water partition coefficient (Wildman–Crippen LogP) is 3.23. The molecule has 0 unspecified atom stereocenters. The summed E-state index contributed by atoms with van der Waals surface area (Å²) in [5.74, 6) is 7.26. The third-order valence-electron chi connectivity index (χ3n) is 5.03. The van der Waals surface area contributed by atoms with Crippen LogP contribution in [0.25, 0.3) is 10.9 Å². The zero-order valence-electron chi connectivity index (χ0n) is 17.8. The van der Waals surface area contributed by atoms with Crippen LogP contribution in [0.2, 0.25) is 0 Å². The lowest BCUT2D eigenvalue weighted by Crippen LogP contribution is -2.04. The summed E-state index contributed by atoms with van der Waals surface area (Å²) in [5, 5.41) is 13.2. The number of nitrogens with one attached hydrogen (secondary N) is 1. The highest BCUT2D eigenvalue weighted by molar-refractivity contribution is 5.95. The lowest BCUT2D eigenvalue weighted by atomic mass is 10.0. The summed E-state index contributed by atoms with van der Waals surface area (Å²) >= 11 is 0. The summed E-state index contributed by atoms with van der Waals surface area (Å²) in [6.45, 7) is 0. The van der Waals surface area contributed by atoms with Crippen molar-refractivity contribution in [2.45, 2.75) is 6.42 Å². The van der Waals surface area contributed by atoms with Crippen LogP contribution in [0.15, 0.2) is 41.7 Å². The Morgan fingerprint density at radius 3 is 2.67 bits per heavy atom.